The van der Waals surface area contributed by atoms with Gasteiger partial charge in [0.05, 0.1) is 12.7 Å². The van der Waals surface area contributed by atoms with Gasteiger partial charge in [0.15, 0.2) is 0 Å². The van der Waals surface area contributed by atoms with E-state index in [4.69, 9.17) is 5.11 Å². The third-order valence-electron chi connectivity index (χ3n) is 2.51. The molecule has 0 spiro atoms. The van der Waals surface area contributed by atoms with E-state index in [1.54, 1.807) is 0 Å². The molecule has 0 rings (SSSR count). The third-order valence-corrected chi connectivity index (χ3v) is 2.51. The number of rotatable bonds is 10. The van der Waals surface area contributed by atoms with Gasteiger partial charge in [-0.1, -0.05) is 13.2 Å². The zero-order valence-electron chi connectivity index (χ0n) is 11.5. The fourth-order valence-corrected chi connectivity index (χ4v) is 1.37. The predicted molar refractivity (Wildman–Crippen MR) is 70.5 cm³/mol. The second kappa shape index (κ2) is 9.24. The summed E-state index contributed by atoms with van der Waals surface area (Å²) >= 11 is 0. The molecule has 0 radical (unpaired) electrons. The van der Waals surface area contributed by atoms with E-state index in [1.165, 1.54) is 0 Å². The minimum atomic E-state index is -2.50. The highest BCUT2D eigenvalue weighted by atomic mass is 16.7. The van der Waals surface area contributed by atoms with Crippen molar-refractivity contribution >= 4 is 11.9 Å². The van der Waals surface area contributed by atoms with Crippen LogP contribution in [0.15, 0.2) is 25.3 Å². The number of carbonyl (C=O) groups is 2. The van der Waals surface area contributed by atoms with E-state index < -0.39 is 36.7 Å². The lowest BCUT2D eigenvalue weighted by molar-refractivity contribution is -0.302. The molecule has 21 heavy (non-hydrogen) atoms. The highest BCUT2D eigenvalue weighted by Crippen LogP contribution is 2.23. The maximum atomic E-state index is 11.2. The average molecular weight is 304 g/mol. The van der Waals surface area contributed by atoms with Crippen molar-refractivity contribution in [3.8, 4) is 0 Å². The van der Waals surface area contributed by atoms with Crippen molar-refractivity contribution in [1.82, 2.24) is 0 Å². The van der Waals surface area contributed by atoms with Crippen LogP contribution in [0.2, 0.25) is 0 Å². The van der Waals surface area contributed by atoms with Gasteiger partial charge >= 0.3 is 11.9 Å². The Hall–Kier alpha value is -1.74. The lowest BCUT2D eigenvalue weighted by Crippen LogP contribution is -2.48. The molecule has 3 unspecified atom stereocenters. The largest absolute Gasteiger partial charge is 0.425 e. The van der Waals surface area contributed by atoms with Crippen LogP contribution in [0.3, 0.4) is 0 Å². The van der Waals surface area contributed by atoms with Crippen LogP contribution in [0.1, 0.15) is 19.3 Å². The number of aliphatic hydroxyl groups excluding tert-OH is 3. The van der Waals surface area contributed by atoms with Crippen molar-refractivity contribution in [2.24, 2.45) is 0 Å². The second-order valence-electron chi connectivity index (χ2n) is 4.19. The van der Waals surface area contributed by atoms with Gasteiger partial charge in [0.1, 0.15) is 0 Å². The van der Waals surface area contributed by atoms with E-state index in [-0.39, 0.29) is 19.3 Å². The number of hydrogen-bond acceptors (Lipinski definition) is 8. The number of esters is 2. The van der Waals surface area contributed by atoms with Crippen molar-refractivity contribution in [2.45, 2.75) is 37.4 Å². The molecule has 0 aromatic rings. The van der Waals surface area contributed by atoms with Crippen LogP contribution in [0, 0.1) is 0 Å². The van der Waals surface area contributed by atoms with Gasteiger partial charge in [0.2, 0.25) is 0 Å². The highest BCUT2D eigenvalue weighted by molar-refractivity contribution is 5.82. The van der Waals surface area contributed by atoms with Crippen LogP contribution in [-0.4, -0.2) is 57.2 Å². The summed E-state index contributed by atoms with van der Waals surface area (Å²) in [5, 5.41) is 37.6. The van der Waals surface area contributed by atoms with Crippen LogP contribution >= 0.6 is 0 Å². The zero-order valence-corrected chi connectivity index (χ0v) is 11.5. The summed E-state index contributed by atoms with van der Waals surface area (Å²) in [6.45, 7) is 5.78. The highest BCUT2D eigenvalue weighted by Gasteiger charge is 2.42. The molecule has 8 nitrogen and oxygen atoms in total. The number of aliphatic hydroxyl groups is 4. The lowest BCUT2D eigenvalue weighted by Gasteiger charge is -2.31. The van der Waals surface area contributed by atoms with E-state index in [2.05, 4.69) is 22.6 Å². The molecule has 0 aliphatic carbocycles. The van der Waals surface area contributed by atoms with E-state index in [0.717, 1.165) is 12.2 Å². The third kappa shape index (κ3) is 7.00. The van der Waals surface area contributed by atoms with Crippen LogP contribution in [-0.2, 0) is 19.1 Å². The average Bonchev–Trinajstić information content (AvgIpc) is 2.46. The summed E-state index contributed by atoms with van der Waals surface area (Å²) in [6, 6.07) is 0. The van der Waals surface area contributed by atoms with Crippen molar-refractivity contribution < 1.29 is 39.5 Å². The molecule has 0 fully saturated rings. The van der Waals surface area contributed by atoms with Crippen molar-refractivity contribution in [3.05, 3.63) is 25.3 Å². The number of hydrogen-bond donors (Lipinski definition) is 4. The molecule has 0 heterocycles. The fourth-order valence-electron chi connectivity index (χ4n) is 1.37. The Morgan fingerprint density at radius 3 is 2.24 bits per heavy atom. The van der Waals surface area contributed by atoms with Crippen molar-refractivity contribution in [3.63, 3.8) is 0 Å². The Labute approximate surface area is 121 Å². The SMILES string of the molecule is C=CC(=O)OC(O)C(O)(CCCC(O)CO)OC(=O)C=C. The van der Waals surface area contributed by atoms with Gasteiger partial charge in [-0.05, 0) is 12.8 Å². The monoisotopic (exact) mass is 304 g/mol. The quantitative estimate of drug-likeness (QED) is 0.229. The topological polar surface area (TPSA) is 134 Å². The first-order valence-corrected chi connectivity index (χ1v) is 6.17. The first-order valence-electron chi connectivity index (χ1n) is 6.17. The van der Waals surface area contributed by atoms with Gasteiger partial charge in [0.25, 0.3) is 12.1 Å². The number of carbonyl (C=O) groups excluding carboxylic acids is 2. The molecule has 0 bridgehead atoms. The summed E-state index contributed by atoms with van der Waals surface area (Å²) in [4.78, 5) is 22.2. The smallest absolute Gasteiger partial charge is 0.332 e. The molecular formula is C13H20O8. The van der Waals surface area contributed by atoms with Gasteiger partial charge < -0.3 is 29.9 Å². The van der Waals surface area contributed by atoms with Crippen LogP contribution < -0.4 is 0 Å². The predicted octanol–water partition coefficient (Wildman–Crippen LogP) is -1.02. The van der Waals surface area contributed by atoms with E-state index in [9.17, 15) is 24.9 Å². The first kappa shape index (κ1) is 19.3. The summed E-state index contributed by atoms with van der Waals surface area (Å²) in [7, 11) is 0. The summed E-state index contributed by atoms with van der Waals surface area (Å²) in [5.41, 5.74) is 0. The maximum Gasteiger partial charge on any atom is 0.332 e. The number of ether oxygens (including phenoxy) is 2. The Bertz CT molecular complexity index is 380. The van der Waals surface area contributed by atoms with E-state index in [1.807, 2.05) is 0 Å². The van der Waals surface area contributed by atoms with Crippen LogP contribution in [0.4, 0.5) is 0 Å². The lowest BCUT2D eigenvalue weighted by atomic mass is 10.1. The minimum absolute atomic E-state index is 0.0748. The molecule has 8 heteroatoms. The van der Waals surface area contributed by atoms with Gasteiger partial charge in [-0.2, -0.15) is 0 Å². The molecule has 0 aliphatic rings. The summed E-state index contributed by atoms with van der Waals surface area (Å²) in [6.07, 6.45) is -1.83. The van der Waals surface area contributed by atoms with Gasteiger partial charge in [-0.25, -0.2) is 9.59 Å². The Balaban J connectivity index is 4.81. The molecule has 4 N–H and O–H groups in total. The standard InChI is InChI=1S/C13H20O8/c1-3-10(16)20-12(18)13(19,21-11(17)4-2)7-5-6-9(15)8-14/h3-4,9,12,14-15,18-19H,1-2,5-8H2. The molecular weight excluding hydrogens is 284 g/mol. The summed E-state index contributed by atoms with van der Waals surface area (Å²) < 4.78 is 9.02. The molecule has 0 aromatic carbocycles. The molecule has 3 atom stereocenters. The first-order chi connectivity index (χ1) is 9.78. The molecule has 0 saturated heterocycles. The zero-order chi connectivity index (χ0) is 16.5. The Morgan fingerprint density at radius 2 is 1.76 bits per heavy atom. The Morgan fingerprint density at radius 1 is 1.19 bits per heavy atom. The van der Waals surface area contributed by atoms with Crippen LogP contribution in [0.25, 0.3) is 0 Å². The van der Waals surface area contributed by atoms with Gasteiger partial charge in [0, 0.05) is 18.6 Å². The normalized spacial score (nSPS) is 16.2. The fraction of sp³-hybridized carbons (Fsp3) is 0.538. The molecule has 0 aromatic heterocycles. The Kier molecular flexibility index (Phi) is 8.48. The van der Waals surface area contributed by atoms with Gasteiger partial charge in [-0.3, -0.25) is 0 Å². The van der Waals surface area contributed by atoms with Crippen LogP contribution in [0.5, 0.6) is 0 Å². The molecule has 0 saturated carbocycles. The van der Waals surface area contributed by atoms with Crippen molar-refractivity contribution in [2.75, 3.05) is 6.61 Å². The molecule has 120 valence electrons. The maximum absolute atomic E-state index is 11.2. The van der Waals surface area contributed by atoms with Crippen molar-refractivity contribution in [1.29, 1.82) is 0 Å². The van der Waals surface area contributed by atoms with E-state index >= 15 is 0 Å². The van der Waals surface area contributed by atoms with Gasteiger partial charge in [-0.15, -0.1) is 0 Å². The molecule has 0 aliphatic heterocycles. The second-order valence-corrected chi connectivity index (χ2v) is 4.19. The summed E-state index contributed by atoms with van der Waals surface area (Å²) in [5.74, 6) is -4.56. The molecule has 0 amide bonds. The minimum Gasteiger partial charge on any atom is -0.425 e. The van der Waals surface area contributed by atoms with E-state index in [0.29, 0.717) is 0 Å².